The van der Waals surface area contributed by atoms with Gasteiger partial charge in [0.05, 0.1) is 11.4 Å². The summed E-state index contributed by atoms with van der Waals surface area (Å²) in [5.41, 5.74) is 5.99. The maximum absolute atomic E-state index is 4.85. The lowest BCUT2D eigenvalue weighted by atomic mass is 9.92. The summed E-state index contributed by atoms with van der Waals surface area (Å²) in [6.45, 7) is 14.6. The predicted octanol–water partition coefficient (Wildman–Crippen LogP) is 12.8. The molecule has 6 heteroatoms. The van der Waals surface area contributed by atoms with Gasteiger partial charge in [0.2, 0.25) is 0 Å². The summed E-state index contributed by atoms with van der Waals surface area (Å²) in [5, 5.41) is 11.2. The Balaban J connectivity index is 0.000000963. The summed E-state index contributed by atoms with van der Waals surface area (Å²) in [7, 11) is 0. The Morgan fingerprint density at radius 3 is 1.38 bits per heavy atom. The standard InChI is InChI=1S/C35H28N4S2.2C2H6/c1-23-14-15-26-27(20-23)35(39(33-13-9-19-41-33)31-11-5-7-17-37-31)29-22-25(3)24(2)21-28(29)34(26)38(32-12-8-18-40-32)30-10-4-6-16-36-30;2*1-2/h4-22H,1-3H3;2*1-2H3. The van der Waals surface area contributed by atoms with E-state index in [9.17, 15) is 0 Å². The van der Waals surface area contributed by atoms with E-state index in [2.05, 4.69) is 120 Å². The van der Waals surface area contributed by atoms with Crippen LogP contribution in [0.15, 0.2) is 114 Å². The van der Waals surface area contributed by atoms with Crippen LogP contribution in [0.5, 0.6) is 0 Å². The third-order valence-electron chi connectivity index (χ3n) is 7.49. The van der Waals surface area contributed by atoms with Gasteiger partial charge in [-0.25, -0.2) is 9.97 Å². The van der Waals surface area contributed by atoms with Gasteiger partial charge in [0, 0.05) is 33.9 Å². The van der Waals surface area contributed by atoms with E-state index in [1.165, 1.54) is 32.8 Å². The lowest BCUT2D eigenvalue weighted by molar-refractivity contribution is 1.20. The Kier molecular flexibility index (Phi) is 10.3. The third kappa shape index (κ3) is 6.21. The molecule has 0 aliphatic heterocycles. The summed E-state index contributed by atoms with van der Waals surface area (Å²) < 4.78 is 0. The number of aryl methyl sites for hydroxylation is 3. The minimum atomic E-state index is 0.893. The van der Waals surface area contributed by atoms with Crippen molar-refractivity contribution in [2.24, 2.45) is 0 Å². The van der Waals surface area contributed by atoms with Crippen LogP contribution in [0, 0.1) is 20.8 Å². The monoisotopic (exact) mass is 628 g/mol. The van der Waals surface area contributed by atoms with Crippen LogP contribution < -0.4 is 9.80 Å². The molecular formula is C39H40N4S2. The second kappa shape index (κ2) is 14.5. The number of anilines is 6. The molecule has 3 aromatic carbocycles. The lowest BCUT2D eigenvalue weighted by Crippen LogP contribution is -2.15. The highest BCUT2D eigenvalue weighted by atomic mass is 32.1. The van der Waals surface area contributed by atoms with Crippen LogP contribution in [0.4, 0.5) is 33.0 Å². The number of hydrogen-bond acceptors (Lipinski definition) is 6. The van der Waals surface area contributed by atoms with Gasteiger partial charge in [0.1, 0.15) is 21.6 Å². The Labute approximate surface area is 275 Å². The van der Waals surface area contributed by atoms with Gasteiger partial charge in [0.25, 0.3) is 0 Å². The number of fused-ring (bicyclic) bond motifs is 2. The van der Waals surface area contributed by atoms with E-state index in [4.69, 9.17) is 9.97 Å². The number of rotatable bonds is 6. The van der Waals surface area contributed by atoms with Crippen molar-refractivity contribution in [3.63, 3.8) is 0 Å². The highest BCUT2D eigenvalue weighted by Gasteiger charge is 2.27. The van der Waals surface area contributed by atoms with Crippen LogP contribution in [0.25, 0.3) is 21.5 Å². The van der Waals surface area contributed by atoms with Crippen LogP contribution in [0.2, 0.25) is 0 Å². The molecule has 7 rings (SSSR count). The first kappa shape index (κ1) is 31.9. The Hall–Kier alpha value is -4.52. The first-order valence-corrected chi connectivity index (χ1v) is 17.3. The molecule has 0 bridgehead atoms. The van der Waals surface area contributed by atoms with E-state index >= 15 is 0 Å². The molecular weight excluding hydrogens is 589 g/mol. The van der Waals surface area contributed by atoms with Gasteiger partial charge >= 0.3 is 0 Å². The number of aromatic nitrogens is 2. The summed E-state index contributed by atoms with van der Waals surface area (Å²) >= 11 is 3.44. The zero-order valence-corrected chi connectivity index (χ0v) is 28.7. The van der Waals surface area contributed by atoms with Crippen molar-refractivity contribution in [3.05, 3.63) is 131 Å². The normalized spacial score (nSPS) is 10.6. The van der Waals surface area contributed by atoms with E-state index < -0.39 is 0 Å². The van der Waals surface area contributed by atoms with Gasteiger partial charge in [-0.3, -0.25) is 9.80 Å². The molecule has 228 valence electrons. The van der Waals surface area contributed by atoms with Gasteiger partial charge in [-0.05, 0) is 109 Å². The summed E-state index contributed by atoms with van der Waals surface area (Å²) in [6, 6.07) is 32.3. The summed E-state index contributed by atoms with van der Waals surface area (Å²) in [5.74, 6) is 1.79. The molecule has 0 radical (unpaired) electrons. The number of nitrogens with zero attached hydrogens (tertiary/aromatic N) is 4. The molecule has 0 aliphatic carbocycles. The third-order valence-corrected chi connectivity index (χ3v) is 9.19. The topological polar surface area (TPSA) is 32.3 Å². The van der Waals surface area contributed by atoms with E-state index in [0.29, 0.717) is 0 Å². The molecule has 0 fully saturated rings. The molecule has 0 N–H and O–H groups in total. The van der Waals surface area contributed by atoms with Crippen molar-refractivity contribution in [1.29, 1.82) is 0 Å². The Morgan fingerprint density at radius 1 is 0.489 bits per heavy atom. The van der Waals surface area contributed by atoms with Crippen molar-refractivity contribution in [3.8, 4) is 0 Å². The first-order valence-electron chi connectivity index (χ1n) is 15.6. The number of thiophene rings is 2. The maximum Gasteiger partial charge on any atom is 0.138 e. The second-order valence-electron chi connectivity index (χ2n) is 10.2. The molecule has 0 unspecified atom stereocenters. The Bertz CT molecular complexity index is 1970. The van der Waals surface area contributed by atoms with E-state index in [1.54, 1.807) is 22.7 Å². The number of hydrogen-bond donors (Lipinski definition) is 0. The number of benzene rings is 3. The predicted molar refractivity (Wildman–Crippen MR) is 199 cm³/mol. The van der Waals surface area contributed by atoms with Gasteiger partial charge in [-0.15, -0.1) is 22.7 Å². The van der Waals surface area contributed by atoms with Crippen molar-refractivity contribution in [2.45, 2.75) is 48.5 Å². The van der Waals surface area contributed by atoms with Crippen LogP contribution in [-0.4, -0.2) is 9.97 Å². The van der Waals surface area contributed by atoms with Crippen molar-refractivity contribution < 1.29 is 0 Å². The minimum absolute atomic E-state index is 0.893. The number of pyridine rings is 2. The summed E-state index contributed by atoms with van der Waals surface area (Å²) in [6.07, 6.45) is 3.74. The van der Waals surface area contributed by atoms with Crippen LogP contribution in [0.1, 0.15) is 44.4 Å². The van der Waals surface area contributed by atoms with Crippen molar-refractivity contribution in [1.82, 2.24) is 9.97 Å². The largest absolute Gasteiger partial charge is 0.285 e. The van der Waals surface area contributed by atoms with Gasteiger partial charge in [0.15, 0.2) is 0 Å². The molecule has 4 aromatic heterocycles. The fraction of sp³-hybridized carbons (Fsp3) is 0.179. The molecule has 0 amide bonds. The van der Waals surface area contributed by atoms with Gasteiger partial charge in [-0.1, -0.05) is 57.5 Å². The molecule has 0 saturated carbocycles. The quantitative estimate of drug-likeness (QED) is 0.135. The SMILES string of the molecule is CC.CC.Cc1ccc2c(N(c3ccccn3)c3cccs3)c3cc(C)c(C)cc3c(N(c3ccccn3)c3cccs3)c2c1. The smallest absolute Gasteiger partial charge is 0.138 e. The van der Waals surface area contributed by atoms with Crippen molar-refractivity contribution in [2.75, 3.05) is 9.80 Å². The van der Waals surface area contributed by atoms with Crippen LogP contribution >= 0.6 is 22.7 Å². The van der Waals surface area contributed by atoms with Crippen LogP contribution in [0.3, 0.4) is 0 Å². The zero-order chi connectivity index (χ0) is 31.9. The molecule has 0 spiro atoms. The zero-order valence-electron chi connectivity index (χ0n) is 27.1. The van der Waals surface area contributed by atoms with Gasteiger partial charge < -0.3 is 0 Å². The van der Waals surface area contributed by atoms with E-state index in [0.717, 1.165) is 38.4 Å². The Morgan fingerprint density at radius 2 is 0.956 bits per heavy atom. The molecule has 0 saturated heterocycles. The average Bonchev–Trinajstić information content (AvgIpc) is 3.82. The fourth-order valence-electron chi connectivity index (χ4n) is 5.48. The van der Waals surface area contributed by atoms with Gasteiger partial charge in [-0.2, -0.15) is 0 Å². The average molecular weight is 629 g/mol. The first-order chi connectivity index (χ1) is 22.1. The van der Waals surface area contributed by atoms with E-state index in [-0.39, 0.29) is 0 Å². The summed E-state index contributed by atoms with van der Waals surface area (Å²) in [4.78, 5) is 14.3. The molecule has 0 atom stereocenters. The molecule has 4 nitrogen and oxygen atoms in total. The van der Waals surface area contributed by atoms with E-state index in [1.807, 2.05) is 52.2 Å². The molecule has 4 heterocycles. The fourth-order valence-corrected chi connectivity index (χ4v) is 6.97. The van der Waals surface area contributed by atoms with Crippen molar-refractivity contribution >= 4 is 77.2 Å². The highest BCUT2D eigenvalue weighted by molar-refractivity contribution is 7.14. The second-order valence-corrected chi connectivity index (χ2v) is 12.0. The lowest BCUT2D eigenvalue weighted by Gasteiger charge is -2.31. The molecule has 45 heavy (non-hydrogen) atoms. The minimum Gasteiger partial charge on any atom is -0.285 e. The maximum atomic E-state index is 4.85. The van der Waals surface area contributed by atoms with Crippen LogP contribution in [-0.2, 0) is 0 Å². The highest BCUT2D eigenvalue weighted by Crippen LogP contribution is 2.52. The molecule has 0 aliphatic rings. The molecule has 7 aromatic rings.